The lowest BCUT2D eigenvalue weighted by Crippen LogP contribution is -2.25. The minimum Gasteiger partial charge on any atom is -0.496 e. The molecule has 3 rings (SSSR count). The first-order valence-electron chi connectivity index (χ1n) is 8.60. The van der Waals surface area contributed by atoms with Crippen LogP contribution in [-0.2, 0) is 0 Å². The van der Waals surface area contributed by atoms with Gasteiger partial charge < -0.3 is 15.8 Å². The Morgan fingerprint density at radius 3 is 2.71 bits per heavy atom. The Hall–Kier alpha value is -3.23. The molecular weight excluding hydrogens is 373 g/mol. The third kappa shape index (κ3) is 3.23. The highest BCUT2D eigenvalue weighted by Crippen LogP contribution is 2.41. The summed E-state index contributed by atoms with van der Waals surface area (Å²) in [6, 6.07) is 5.13. The minimum absolute atomic E-state index is 0.0269. The van der Waals surface area contributed by atoms with Crippen molar-refractivity contribution in [3.8, 4) is 16.9 Å². The first-order chi connectivity index (χ1) is 13.4. The van der Waals surface area contributed by atoms with Crippen molar-refractivity contribution >= 4 is 17.4 Å². The number of aromatic nitrogens is 2. The van der Waals surface area contributed by atoms with Crippen molar-refractivity contribution in [2.75, 3.05) is 19.4 Å². The van der Waals surface area contributed by atoms with E-state index in [2.05, 4.69) is 10.3 Å². The fraction of sp³-hybridized carbons (Fsp3) is 0.263. The molecule has 28 heavy (non-hydrogen) atoms. The molecule has 1 aromatic carbocycles. The van der Waals surface area contributed by atoms with Crippen molar-refractivity contribution < 1.29 is 22.7 Å². The lowest BCUT2D eigenvalue weighted by molar-refractivity contribution is 0.0950. The van der Waals surface area contributed by atoms with Gasteiger partial charge >= 0.3 is 0 Å². The molecule has 0 unspecified atom stereocenters. The molecule has 0 radical (unpaired) electrons. The fourth-order valence-corrected chi connectivity index (χ4v) is 2.98. The summed E-state index contributed by atoms with van der Waals surface area (Å²) in [7, 11) is 1.31. The molecule has 9 heteroatoms. The molecule has 0 atom stereocenters. The fourth-order valence-electron chi connectivity index (χ4n) is 2.98. The number of methoxy groups -OCH3 is 1. The van der Waals surface area contributed by atoms with Crippen molar-refractivity contribution in [1.82, 2.24) is 14.7 Å². The topological polar surface area (TPSA) is 81.6 Å². The van der Waals surface area contributed by atoms with Crippen LogP contribution in [0.15, 0.2) is 30.5 Å². The van der Waals surface area contributed by atoms with E-state index in [-0.39, 0.29) is 34.0 Å². The maximum Gasteiger partial charge on any atom is 0.273 e. The van der Waals surface area contributed by atoms with Crippen LogP contribution in [0.5, 0.6) is 5.75 Å². The van der Waals surface area contributed by atoms with E-state index in [1.807, 2.05) is 6.92 Å². The van der Waals surface area contributed by atoms with Gasteiger partial charge in [-0.1, -0.05) is 13.0 Å². The summed E-state index contributed by atoms with van der Waals surface area (Å²) >= 11 is 0. The van der Waals surface area contributed by atoms with Gasteiger partial charge in [-0.05, 0) is 24.6 Å². The van der Waals surface area contributed by atoms with Crippen LogP contribution in [0, 0.1) is 5.82 Å². The van der Waals surface area contributed by atoms with E-state index in [4.69, 9.17) is 10.5 Å². The van der Waals surface area contributed by atoms with Crippen LogP contribution in [0.2, 0.25) is 0 Å². The average Bonchev–Trinajstić information content (AvgIpc) is 3.02. The van der Waals surface area contributed by atoms with Gasteiger partial charge in [0.2, 0.25) is 0 Å². The van der Waals surface area contributed by atoms with E-state index in [0.717, 1.165) is 12.1 Å². The zero-order chi connectivity index (χ0) is 20.4. The van der Waals surface area contributed by atoms with Gasteiger partial charge in [-0.2, -0.15) is 0 Å². The maximum atomic E-state index is 14.7. The highest BCUT2D eigenvalue weighted by Gasteiger charge is 2.27. The number of amides is 1. The maximum absolute atomic E-state index is 14.7. The number of nitrogens with two attached hydrogens (primary N) is 1. The molecule has 0 fully saturated rings. The summed E-state index contributed by atoms with van der Waals surface area (Å²) in [6.07, 6.45) is -0.918. The van der Waals surface area contributed by atoms with E-state index in [0.29, 0.717) is 13.0 Å². The molecule has 2 heterocycles. The number of carbonyl (C=O) groups is 1. The molecule has 3 aromatic rings. The smallest absolute Gasteiger partial charge is 0.273 e. The predicted molar refractivity (Wildman–Crippen MR) is 99.1 cm³/mol. The molecule has 0 aliphatic heterocycles. The molecule has 0 aliphatic rings. The zero-order valence-electron chi connectivity index (χ0n) is 15.3. The predicted octanol–water partition coefficient (Wildman–Crippen LogP) is 3.81. The SMILES string of the molecule is CCCNC(=O)c1nc2c(-c3c(F)cccc3OC)c(C(F)F)ccn2c1N. The summed E-state index contributed by atoms with van der Waals surface area (Å²) in [6.45, 7) is 2.28. The molecule has 6 nitrogen and oxygen atoms in total. The molecule has 1 amide bonds. The Bertz CT molecular complexity index is 1030. The number of nitrogen functional groups attached to an aromatic ring is 1. The minimum atomic E-state index is -2.90. The summed E-state index contributed by atoms with van der Waals surface area (Å²) < 4.78 is 48.6. The highest BCUT2D eigenvalue weighted by atomic mass is 19.3. The van der Waals surface area contributed by atoms with Gasteiger partial charge in [0.05, 0.1) is 12.7 Å². The molecule has 148 valence electrons. The largest absolute Gasteiger partial charge is 0.496 e. The van der Waals surface area contributed by atoms with E-state index < -0.39 is 23.7 Å². The van der Waals surface area contributed by atoms with Crippen LogP contribution in [-0.4, -0.2) is 28.9 Å². The summed E-state index contributed by atoms with van der Waals surface area (Å²) in [5, 5.41) is 2.64. The number of nitrogens with one attached hydrogen (secondary N) is 1. The number of halogens is 3. The molecule has 2 aromatic heterocycles. The molecule has 0 saturated carbocycles. The van der Waals surface area contributed by atoms with Gasteiger partial charge in [0.1, 0.15) is 23.0 Å². The quantitative estimate of drug-likeness (QED) is 0.668. The van der Waals surface area contributed by atoms with E-state index in [1.54, 1.807) is 0 Å². The lowest BCUT2D eigenvalue weighted by Gasteiger charge is -2.15. The lowest BCUT2D eigenvalue weighted by atomic mass is 9.99. The number of imidazole rings is 1. The van der Waals surface area contributed by atoms with Crippen LogP contribution < -0.4 is 15.8 Å². The third-order valence-electron chi connectivity index (χ3n) is 4.29. The molecular formula is C19H19F3N4O2. The molecule has 0 aliphatic carbocycles. The Morgan fingerprint density at radius 2 is 2.07 bits per heavy atom. The zero-order valence-corrected chi connectivity index (χ0v) is 15.3. The van der Waals surface area contributed by atoms with Crippen molar-refractivity contribution in [2.24, 2.45) is 0 Å². The van der Waals surface area contributed by atoms with Crippen LogP contribution in [0.3, 0.4) is 0 Å². The Balaban J connectivity index is 2.35. The van der Waals surface area contributed by atoms with Gasteiger partial charge in [0, 0.05) is 23.9 Å². The van der Waals surface area contributed by atoms with Crippen molar-refractivity contribution in [2.45, 2.75) is 19.8 Å². The van der Waals surface area contributed by atoms with Crippen LogP contribution in [0.25, 0.3) is 16.8 Å². The third-order valence-corrected chi connectivity index (χ3v) is 4.29. The Labute approximate surface area is 159 Å². The molecule has 0 saturated heterocycles. The van der Waals surface area contributed by atoms with E-state index in [9.17, 15) is 18.0 Å². The second kappa shape index (κ2) is 7.79. The number of fused-ring (bicyclic) bond motifs is 1. The Morgan fingerprint density at radius 1 is 1.32 bits per heavy atom. The number of ether oxygens (including phenoxy) is 1. The number of rotatable bonds is 6. The van der Waals surface area contributed by atoms with Gasteiger partial charge in [-0.3, -0.25) is 9.20 Å². The normalized spacial score (nSPS) is 11.2. The second-order valence-corrected chi connectivity index (χ2v) is 6.06. The highest BCUT2D eigenvalue weighted by molar-refractivity contribution is 5.99. The number of benzene rings is 1. The summed E-state index contributed by atoms with van der Waals surface area (Å²) in [4.78, 5) is 16.5. The van der Waals surface area contributed by atoms with Gasteiger partial charge in [-0.25, -0.2) is 18.2 Å². The van der Waals surface area contributed by atoms with E-state index in [1.165, 1.54) is 29.8 Å². The second-order valence-electron chi connectivity index (χ2n) is 6.06. The molecule has 3 N–H and O–H groups in total. The Kier molecular flexibility index (Phi) is 5.43. The monoisotopic (exact) mass is 392 g/mol. The number of anilines is 1. The average molecular weight is 392 g/mol. The van der Waals surface area contributed by atoms with E-state index >= 15 is 0 Å². The number of hydrogen-bond donors (Lipinski definition) is 2. The summed E-state index contributed by atoms with van der Waals surface area (Å²) in [5.41, 5.74) is 5.07. The van der Waals surface area contributed by atoms with Gasteiger partial charge in [0.15, 0.2) is 5.69 Å². The van der Waals surface area contributed by atoms with Crippen LogP contribution in [0.4, 0.5) is 19.0 Å². The molecule has 0 bridgehead atoms. The first-order valence-corrected chi connectivity index (χ1v) is 8.60. The summed E-state index contributed by atoms with van der Waals surface area (Å²) in [5.74, 6) is -1.25. The van der Waals surface area contributed by atoms with Crippen molar-refractivity contribution in [1.29, 1.82) is 0 Å². The molecule has 0 spiro atoms. The van der Waals surface area contributed by atoms with Crippen molar-refractivity contribution in [3.05, 3.63) is 47.5 Å². The number of carbonyl (C=O) groups excluding carboxylic acids is 1. The standard InChI is InChI=1S/C19H19F3N4O2/c1-3-8-24-19(27)15-17(23)26-9-7-10(16(21)22)13(18(26)25-15)14-11(20)5-4-6-12(14)28-2/h4-7,9,16H,3,8,23H2,1-2H3,(H,24,27). The first kappa shape index (κ1) is 19.5. The number of alkyl halides is 2. The van der Waals surface area contributed by atoms with Crippen LogP contribution in [0.1, 0.15) is 35.8 Å². The number of pyridine rings is 1. The van der Waals surface area contributed by atoms with Gasteiger partial charge in [-0.15, -0.1) is 0 Å². The number of nitrogens with zero attached hydrogens (tertiary/aromatic N) is 2. The van der Waals surface area contributed by atoms with Gasteiger partial charge in [0.25, 0.3) is 12.3 Å². The number of hydrogen-bond acceptors (Lipinski definition) is 4. The van der Waals surface area contributed by atoms with Crippen molar-refractivity contribution in [3.63, 3.8) is 0 Å². The van der Waals surface area contributed by atoms with Crippen LogP contribution >= 0.6 is 0 Å².